The number of aliphatic carboxylic acids is 1. The minimum absolute atomic E-state index is 0.00310. The van der Waals surface area contributed by atoms with Gasteiger partial charge in [-0.1, -0.05) is 72.8 Å². The third kappa shape index (κ3) is 3.94. The molecule has 31 heavy (non-hydrogen) atoms. The van der Waals surface area contributed by atoms with Gasteiger partial charge >= 0.3 is 11.9 Å². The molecule has 0 aromatic heterocycles. The maximum atomic E-state index is 13.3. The van der Waals surface area contributed by atoms with Gasteiger partial charge in [0.1, 0.15) is 12.4 Å². The number of carboxylic acid groups (broad SMARTS) is 1. The number of carbonyl (C=O) groups excluding carboxylic acids is 2. The first-order chi connectivity index (χ1) is 15.0. The molecule has 4 rings (SSSR count). The average Bonchev–Trinajstić information content (AvgIpc) is 3.01. The molecule has 2 aliphatic rings. The number of amides is 1. The third-order valence-corrected chi connectivity index (χ3v) is 5.32. The molecule has 1 amide bonds. The predicted octanol–water partition coefficient (Wildman–Crippen LogP) is 3.13. The lowest BCUT2D eigenvalue weighted by Gasteiger charge is -2.40. The van der Waals surface area contributed by atoms with E-state index in [-0.39, 0.29) is 31.1 Å². The lowest BCUT2D eigenvalue weighted by Crippen LogP contribution is -2.63. The van der Waals surface area contributed by atoms with Crippen molar-refractivity contribution in [2.45, 2.75) is 31.2 Å². The molecule has 2 aliphatic heterocycles. The highest BCUT2D eigenvalue weighted by Gasteiger charge is 2.65. The summed E-state index contributed by atoms with van der Waals surface area (Å²) in [6, 6.07) is 18.6. The Morgan fingerprint density at radius 3 is 2.45 bits per heavy atom. The summed E-state index contributed by atoms with van der Waals surface area (Å²) in [5.74, 6) is -2.37. The van der Waals surface area contributed by atoms with Crippen LogP contribution in [0.25, 0.3) is 6.08 Å². The maximum absolute atomic E-state index is 13.3. The van der Waals surface area contributed by atoms with Crippen LogP contribution in [0.3, 0.4) is 0 Å². The monoisotopic (exact) mass is 419 g/mol. The lowest BCUT2D eigenvalue weighted by atomic mass is 9.87. The van der Waals surface area contributed by atoms with Crippen LogP contribution in [0.15, 0.2) is 78.6 Å². The van der Waals surface area contributed by atoms with Crippen LogP contribution in [-0.2, 0) is 30.5 Å². The Kier molecular flexibility index (Phi) is 5.58. The van der Waals surface area contributed by atoms with E-state index >= 15 is 0 Å². The van der Waals surface area contributed by atoms with E-state index in [0.717, 1.165) is 17.2 Å². The van der Waals surface area contributed by atoms with Gasteiger partial charge in [-0.25, -0.2) is 9.59 Å². The molecule has 0 aliphatic carbocycles. The van der Waals surface area contributed by atoms with E-state index in [2.05, 4.69) is 0 Å². The van der Waals surface area contributed by atoms with Gasteiger partial charge < -0.3 is 14.6 Å². The van der Waals surface area contributed by atoms with Crippen molar-refractivity contribution in [1.82, 2.24) is 4.90 Å². The molecule has 2 heterocycles. The average molecular weight is 419 g/mol. The van der Waals surface area contributed by atoms with E-state index in [1.54, 1.807) is 6.08 Å². The van der Waals surface area contributed by atoms with Crippen molar-refractivity contribution in [2.24, 2.45) is 0 Å². The fraction of sp³-hybridized carbons (Fsp3) is 0.208. The molecule has 0 bridgehead atoms. The molecule has 0 spiro atoms. The number of carbonyl (C=O) groups is 3. The summed E-state index contributed by atoms with van der Waals surface area (Å²) in [7, 11) is 0. The highest BCUT2D eigenvalue weighted by molar-refractivity contribution is 5.97. The molecule has 158 valence electrons. The summed E-state index contributed by atoms with van der Waals surface area (Å²) in [6.45, 7) is -0.00310. The number of hydrogen-bond donors (Lipinski definition) is 1. The van der Waals surface area contributed by atoms with E-state index in [4.69, 9.17) is 9.47 Å². The van der Waals surface area contributed by atoms with E-state index in [0.29, 0.717) is 0 Å². The quantitative estimate of drug-likeness (QED) is 0.421. The van der Waals surface area contributed by atoms with Crippen molar-refractivity contribution in [1.29, 1.82) is 0 Å². The van der Waals surface area contributed by atoms with Gasteiger partial charge in [0.2, 0.25) is 11.4 Å². The minimum Gasteiger partial charge on any atom is -0.478 e. The molecule has 7 nitrogen and oxygen atoms in total. The molecule has 2 aromatic carbocycles. The van der Waals surface area contributed by atoms with Crippen molar-refractivity contribution >= 4 is 23.9 Å². The topological polar surface area (TPSA) is 93.1 Å². The molecule has 2 saturated heterocycles. The molecular weight excluding hydrogens is 398 g/mol. The van der Waals surface area contributed by atoms with Crippen molar-refractivity contribution < 1.29 is 29.0 Å². The Labute approximate surface area is 179 Å². The molecule has 2 aromatic rings. The standard InChI is InChI=1S/C24H21NO6/c26-20-15-21-25(20)24(19(31-21)14-22(27)28,13-7-12-17-8-3-1-4-9-17)23(29)30-16-18-10-5-2-6-11-18/h1-12,14,21H,13,15-16H2,(H,27,28)/b12-7+,19-14-/t21-,24?/m1/s1. The van der Waals surface area contributed by atoms with Gasteiger partial charge in [0.25, 0.3) is 0 Å². The zero-order valence-corrected chi connectivity index (χ0v) is 16.6. The lowest BCUT2D eigenvalue weighted by molar-refractivity contribution is -0.174. The van der Waals surface area contributed by atoms with Crippen molar-refractivity contribution in [3.8, 4) is 0 Å². The highest BCUT2D eigenvalue weighted by atomic mass is 16.6. The molecule has 0 saturated carbocycles. The summed E-state index contributed by atoms with van der Waals surface area (Å²) in [5, 5.41) is 9.33. The summed E-state index contributed by atoms with van der Waals surface area (Å²) in [5.41, 5.74) is 0.0304. The Bertz CT molecular complexity index is 1050. The fourth-order valence-corrected chi connectivity index (χ4v) is 3.82. The molecule has 2 fully saturated rings. The Morgan fingerprint density at radius 2 is 1.81 bits per heavy atom. The molecular formula is C24H21NO6. The summed E-state index contributed by atoms with van der Waals surface area (Å²) in [4.78, 5) is 38.5. The zero-order valence-electron chi connectivity index (χ0n) is 16.6. The van der Waals surface area contributed by atoms with Gasteiger partial charge in [0.05, 0.1) is 12.5 Å². The number of fused-ring (bicyclic) bond motifs is 1. The number of hydrogen-bond acceptors (Lipinski definition) is 5. The molecule has 2 atom stereocenters. The Balaban J connectivity index is 1.66. The molecule has 7 heteroatoms. The van der Waals surface area contributed by atoms with Gasteiger partial charge in [-0.05, 0) is 11.1 Å². The van der Waals surface area contributed by atoms with Crippen LogP contribution in [-0.4, -0.2) is 39.6 Å². The number of ether oxygens (including phenoxy) is 2. The first kappa shape index (κ1) is 20.4. The van der Waals surface area contributed by atoms with Crippen molar-refractivity contribution in [3.63, 3.8) is 0 Å². The Morgan fingerprint density at radius 1 is 1.13 bits per heavy atom. The number of benzene rings is 2. The van der Waals surface area contributed by atoms with Gasteiger partial charge in [0.15, 0.2) is 6.23 Å². The van der Waals surface area contributed by atoms with Crippen LogP contribution in [0.2, 0.25) is 0 Å². The number of esters is 1. The smallest absolute Gasteiger partial charge is 0.340 e. The van der Waals surface area contributed by atoms with Crippen LogP contribution < -0.4 is 0 Å². The van der Waals surface area contributed by atoms with Gasteiger partial charge in [-0.2, -0.15) is 0 Å². The number of β-lactam (4-membered cyclic amide) rings is 1. The fourth-order valence-electron chi connectivity index (χ4n) is 3.82. The minimum atomic E-state index is -1.65. The predicted molar refractivity (Wildman–Crippen MR) is 111 cm³/mol. The first-order valence-corrected chi connectivity index (χ1v) is 9.87. The second-order valence-corrected chi connectivity index (χ2v) is 7.33. The summed E-state index contributed by atoms with van der Waals surface area (Å²) in [6.07, 6.45) is 3.82. The van der Waals surface area contributed by atoms with E-state index in [1.165, 1.54) is 4.90 Å². The van der Waals surface area contributed by atoms with Gasteiger partial charge in [-0.15, -0.1) is 0 Å². The van der Waals surface area contributed by atoms with Crippen molar-refractivity contribution in [2.75, 3.05) is 0 Å². The normalized spacial score (nSPS) is 23.4. The van der Waals surface area contributed by atoms with Crippen LogP contribution in [0.1, 0.15) is 24.0 Å². The molecule has 1 N–H and O–H groups in total. The maximum Gasteiger partial charge on any atom is 0.340 e. The summed E-state index contributed by atoms with van der Waals surface area (Å²) < 4.78 is 11.2. The zero-order chi connectivity index (χ0) is 21.8. The van der Waals surface area contributed by atoms with Crippen LogP contribution in [0.4, 0.5) is 0 Å². The van der Waals surface area contributed by atoms with Crippen molar-refractivity contribution in [3.05, 3.63) is 89.7 Å². The van der Waals surface area contributed by atoms with Crippen LogP contribution in [0.5, 0.6) is 0 Å². The SMILES string of the molecule is O=C(O)/C=C1\O[C@@H]2CC(=O)N2C1(C/C=C/c1ccccc1)C(=O)OCc1ccccc1. The Hall–Kier alpha value is -3.87. The number of rotatable bonds is 7. The van der Waals surface area contributed by atoms with Crippen LogP contribution in [0, 0.1) is 0 Å². The van der Waals surface area contributed by atoms with Crippen LogP contribution >= 0.6 is 0 Å². The third-order valence-electron chi connectivity index (χ3n) is 5.32. The van der Waals surface area contributed by atoms with E-state index in [9.17, 15) is 19.5 Å². The number of carboxylic acids is 1. The van der Waals surface area contributed by atoms with E-state index in [1.807, 2.05) is 66.7 Å². The highest BCUT2D eigenvalue weighted by Crippen LogP contribution is 2.47. The number of nitrogens with zero attached hydrogens (tertiary/aromatic N) is 1. The summed E-state index contributed by atoms with van der Waals surface area (Å²) >= 11 is 0. The second kappa shape index (κ2) is 8.47. The molecule has 1 unspecified atom stereocenters. The van der Waals surface area contributed by atoms with Gasteiger partial charge in [0, 0.05) is 6.42 Å². The first-order valence-electron chi connectivity index (χ1n) is 9.87. The largest absolute Gasteiger partial charge is 0.478 e. The second-order valence-electron chi connectivity index (χ2n) is 7.33. The molecule has 0 radical (unpaired) electrons. The van der Waals surface area contributed by atoms with Gasteiger partial charge in [-0.3, -0.25) is 9.69 Å². The van der Waals surface area contributed by atoms with E-state index < -0.39 is 23.7 Å².